The zero-order valence-corrected chi connectivity index (χ0v) is 11.5. The highest BCUT2D eigenvalue weighted by atomic mass is 35.5. The Balaban J connectivity index is 3.01. The Kier molecular flexibility index (Phi) is 5.10. The molecule has 0 amide bonds. The first-order chi connectivity index (χ1) is 8.59. The van der Waals surface area contributed by atoms with E-state index in [2.05, 4.69) is 31.7 Å². The first-order valence-electron chi connectivity index (χ1n) is 5.88. The van der Waals surface area contributed by atoms with Gasteiger partial charge in [-0.1, -0.05) is 20.3 Å². The van der Waals surface area contributed by atoms with Crippen LogP contribution in [0.15, 0.2) is 0 Å². The standard InChI is InChI=1S/C11H17ClN6/c1-4-6-11(5-2,7-13)18-10-16-8(12)15-9(14-3)17-10/h4-6H2,1-3H3,(H2,14,15,16,17,18). The molecule has 0 spiro atoms. The van der Waals surface area contributed by atoms with Gasteiger partial charge >= 0.3 is 0 Å². The molecule has 2 N–H and O–H groups in total. The Morgan fingerprint density at radius 1 is 1.28 bits per heavy atom. The van der Waals surface area contributed by atoms with Gasteiger partial charge in [-0.3, -0.25) is 0 Å². The Hall–Kier alpha value is -1.61. The summed E-state index contributed by atoms with van der Waals surface area (Å²) in [4.78, 5) is 12.0. The van der Waals surface area contributed by atoms with Crippen LogP contribution >= 0.6 is 11.6 Å². The molecule has 1 heterocycles. The summed E-state index contributed by atoms with van der Waals surface area (Å²) in [6.45, 7) is 3.98. The summed E-state index contributed by atoms with van der Waals surface area (Å²) in [5.41, 5.74) is -0.662. The smallest absolute Gasteiger partial charge is 0.230 e. The Morgan fingerprint density at radius 2 is 1.94 bits per heavy atom. The monoisotopic (exact) mass is 268 g/mol. The third-order valence-electron chi connectivity index (χ3n) is 2.68. The van der Waals surface area contributed by atoms with Crippen molar-refractivity contribution < 1.29 is 0 Å². The number of hydrogen-bond donors (Lipinski definition) is 2. The maximum absolute atomic E-state index is 9.33. The molecule has 18 heavy (non-hydrogen) atoms. The van der Waals surface area contributed by atoms with Gasteiger partial charge in [0.1, 0.15) is 5.54 Å². The quantitative estimate of drug-likeness (QED) is 0.824. The van der Waals surface area contributed by atoms with Crippen molar-refractivity contribution in [3.05, 3.63) is 5.28 Å². The van der Waals surface area contributed by atoms with Gasteiger partial charge in [-0.25, -0.2) is 0 Å². The van der Waals surface area contributed by atoms with Gasteiger partial charge in [0, 0.05) is 7.05 Å². The van der Waals surface area contributed by atoms with Crippen molar-refractivity contribution in [2.75, 3.05) is 17.7 Å². The molecule has 0 aliphatic heterocycles. The summed E-state index contributed by atoms with van der Waals surface area (Å²) in [5, 5.41) is 15.3. The molecule has 98 valence electrons. The fraction of sp³-hybridized carbons (Fsp3) is 0.636. The molecule has 0 fully saturated rings. The second-order valence-electron chi connectivity index (χ2n) is 3.92. The molecule has 1 rings (SSSR count). The first-order valence-corrected chi connectivity index (χ1v) is 6.25. The topological polar surface area (TPSA) is 86.5 Å². The van der Waals surface area contributed by atoms with E-state index in [1.165, 1.54) is 0 Å². The third kappa shape index (κ3) is 3.44. The number of rotatable bonds is 6. The van der Waals surface area contributed by atoms with Crippen molar-refractivity contribution in [1.82, 2.24) is 15.0 Å². The molecule has 0 aliphatic rings. The number of halogens is 1. The molecular weight excluding hydrogens is 252 g/mol. The molecule has 1 aromatic heterocycles. The lowest BCUT2D eigenvalue weighted by molar-refractivity contribution is 0.510. The summed E-state index contributed by atoms with van der Waals surface area (Å²) < 4.78 is 0. The van der Waals surface area contributed by atoms with Gasteiger partial charge in [-0.15, -0.1) is 0 Å². The molecule has 0 aliphatic carbocycles. The molecule has 0 saturated heterocycles. The maximum atomic E-state index is 9.33. The number of nitrogens with zero attached hydrogens (tertiary/aromatic N) is 4. The summed E-state index contributed by atoms with van der Waals surface area (Å²) >= 11 is 5.80. The van der Waals surface area contributed by atoms with Crippen molar-refractivity contribution in [3.8, 4) is 6.07 Å². The number of anilines is 2. The van der Waals surface area contributed by atoms with E-state index >= 15 is 0 Å². The van der Waals surface area contributed by atoms with Crippen LogP contribution in [0.25, 0.3) is 0 Å². The van der Waals surface area contributed by atoms with Gasteiger partial charge in [-0.2, -0.15) is 20.2 Å². The van der Waals surface area contributed by atoms with E-state index in [9.17, 15) is 5.26 Å². The van der Waals surface area contributed by atoms with Crippen molar-refractivity contribution in [3.63, 3.8) is 0 Å². The number of nitrogens with one attached hydrogen (secondary N) is 2. The van der Waals surface area contributed by atoms with Crippen LogP contribution in [0.1, 0.15) is 33.1 Å². The normalized spacial score (nSPS) is 13.5. The van der Waals surface area contributed by atoms with E-state index in [4.69, 9.17) is 11.6 Å². The molecule has 0 bridgehead atoms. The Labute approximate surface area is 112 Å². The lowest BCUT2D eigenvalue weighted by Gasteiger charge is -2.26. The molecule has 1 atom stereocenters. The van der Waals surface area contributed by atoms with Crippen LogP contribution in [-0.4, -0.2) is 27.5 Å². The van der Waals surface area contributed by atoms with Crippen LogP contribution in [0, 0.1) is 11.3 Å². The van der Waals surface area contributed by atoms with E-state index in [-0.39, 0.29) is 5.28 Å². The summed E-state index contributed by atoms with van der Waals surface area (Å²) in [5.74, 6) is 0.688. The van der Waals surface area contributed by atoms with E-state index in [1.807, 2.05) is 13.8 Å². The average molecular weight is 269 g/mol. The van der Waals surface area contributed by atoms with Gasteiger partial charge < -0.3 is 10.6 Å². The van der Waals surface area contributed by atoms with Gasteiger partial charge in [0.05, 0.1) is 6.07 Å². The maximum Gasteiger partial charge on any atom is 0.230 e. The second kappa shape index (κ2) is 6.36. The minimum absolute atomic E-state index is 0.0938. The summed E-state index contributed by atoms with van der Waals surface area (Å²) in [6, 6.07) is 2.30. The van der Waals surface area contributed by atoms with Gasteiger partial charge in [0.15, 0.2) is 0 Å². The van der Waals surface area contributed by atoms with E-state index < -0.39 is 5.54 Å². The molecule has 0 saturated carbocycles. The highest BCUT2D eigenvalue weighted by Crippen LogP contribution is 2.22. The fourth-order valence-electron chi connectivity index (χ4n) is 1.65. The van der Waals surface area contributed by atoms with E-state index in [0.717, 1.165) is 12.8 Å². The van der Waals surface area contributed by atoms with E-state index in [0.29, 0.717) is 18.3 Å². The largest absolute Gasteiger partial charge is 0.357 e. The number of hydrogen-bond acceptors (Lipinski definition) is 6. The van der Waals surface area contributed by atoms with Gasteiger partial charge in [-0.05, 0) is 24.4 Å². The highest BCUT2D eigenvalue weighted by molar-refractivity contribution is 6.28. The zero-order valence-electron chi connectivity index (χ0n) is 10.8. The molecule has 1 aromatic rings. The zero-order chi connectivity index (χ0) is 13.6. The summed E-state index contributed by atoms with van der Waals surface area (Å²) in [7, 11) is 1.69. The minimum Gasteiger partial charge on any atom is -0.357 e. The number of nitriles is 1. The fourth-order valence-corrected chi connectivity index (χ4v) is 1.81. The first kappa shape index (κ1) is 14.5. The van der Waals surface area contributed by atoms with Crippen LogP contribution in [-0.2, 0) is 0 Å². The lowest BCUT2D eigenvalue weighted by atomic mass is 9.92. The molecule has 7 heteroatoms. The van der Waals surface area contributed by atoms with Crippen LogP contribution < -0.4 is 10.6 Å². The average Bonchev–Trinajstić information content (AvgIpc) is 2.37. The van der Waals surface area contributed by atoms with Crippen LogP contribution in [0.3, 0.4) is 0 Å². The van der Waals surface area contributed by atoms with E-state index in [1.54, 1.807) is 7.05 Å². The van der Waals surface area contributed by atoms with Crippen LogP contribution in [0.4, 0.5) is 11.9 Å². The molecule has 6 nitrogen and oxygen atoms in total. The predicted octanol–water partition coefficient (Wildman–Crippen LogP) is 2.45. The van der Waals surface area contributed by atoms with Crippen molar-refractivity contribution >= 4 is 23.5 Å². The summed E-state index contributed by atoms with van der Waals surface area (Å²) in [6.07, 6.45) is 2.28. The van der Waals surface area contributed by atoms with Gasteiger partial charge in [0.2, 0.25) is 17.2 Å². The van der Waals surface area contributed by atoms with Crippen molar-refractivity contribution in [2.45, 2.75) is 38.6 Å². The third-order valence-corrected chi connectivity index (χ3v) is 2.85. The molecular formula is C11H17ClN6. The highest BCUT2D eigenvalue weighted by Gasteiger charge is 2.28. The lowest BCUT2D eigenvalue weighted by Crippen LogP contribution is -2.36. The SMILES string of the molecule is CCCC(C#N)(CC)Nc1nc(Cl)nc(NC)n1. The Morgan fingerprint density at radius 3 is 2.44 bits per heavy atom. The number of aromatic nitrogens is 3. The molecule has 1 unspecified atom stereocenters. The van der Waals surface area contributed by atoms with Crippen molar-refractivity contribution in [1.29, 1.82) is 5.26 Å². The Bertz CT molecular complexity index is 444. The van der Waals surface area contributed by atoms with Crippen LogP contribution in [0.2, 0.25) is 5.28 Å². The molecule has 0 radical (unpaired) electrons. The van der Waals surface area contributed by atoms with Gasteiger partial charge in [0.25, 0.3) is 0 Å². The second-order valence-corrected chi connectivity index (χ2v) is 4.26. The van der Waals surface area contributed by atoms with Crippen LogP contribution in [0.5, 0.6) is 0 Å². The predicted molar refractivity (Wildman–Crippen MR) is 71.5 cm³/mol. The van der Waals surface area contributed by atoms with Crippen molar-refractivity contribution in [2.24, 2.45) is 0 Å². The molecule has 0 aromatic carbocycles. The minimum atomic E-state index is -0.662.